The monoisotopic (exact) mass is 357 g/mol. The number of ether oxygens (including phenoxy) is 3. The Hall–Kier alpha value is -3.60. The summed E-state index contributed by atoms with van der Waals surface area (Å²) < 4.78 is 19.4. The fourth-order valence-corrected chi connectivity index (χ4v) is 2.31. The van der Waals surface area contributed by atoms with E-state index in [1.165, 1.54) is 13.2 Å². The number of nitriles is 1. The van der Waals surface area contributed by atoms with Gasteiger partial charge in [0.25, 0.3) is 0 Å². The maximum Gasteiger partial charge on any atom is 0.351 e. The molecule has 0 spiro atoms. The summed E-state index contributed by atoms with van der Waals surface area (Å²) in [7, 11) is 3.68. The molecule has 0 fully saturated rings. The summed E-state index contributed by atoms with van der Waals surface area (Å²) in [6.07, 6.45) is 0. The molecule has 2 rings (SSSR count). The van der Waals surface area contributed by atoms with Crippen LogP contribution in [-0.4, -0.2) is 33.3 Å². The second-order valence-electron chi connectivity index (χ2n) is 5.03. The Balaban J connectivity index is 2.71. The summed E-state index contributed by atoms with van der Waals surface area (Å²) in [4.78, 5) is 36.2. The predicted molar refractivity (Wildman–Crippen MR) is 88.7 cm³/mol. The molecule has 1 atom stereocenters. The Labute approximate surface area is 148 Å². The van der Waals surface area contributed by atoms with Crippen LogP contribution in [0, 0.1) is 11.3 Å². The van der Waals surface area contributed by atoms with Crippen molar-refractivity contribution in [2.75, 3.05) is 21.3 Å². The number of hydrogen-bond acceptors (Lipinski definition) is 8. The van der Waals surface area contributed by atoms with Crippen molar-refractivity contribution >= 4 is 11.9 Å². The first-order chi connectivity index (χ1) is 12.5. The van der Waals surface area contributed by atoms with Crippen LogP contribution < -0.4 is 10.4 Å². The lowest BCUT2D eigenvalue weighted by Crippen LogP contribution is -2.23. The van der Waals surface area contributed by atoms with Crippen LogP contribution in [0.25, 0.3) is 11.3 Å². The standard InChI is InChI=1S/C18H15NO7/c1-23-11-6-4-10(5-7-11)14-8-12(13(9-19)16(20)24-2)15(17(21)25-3)18(22)26-14/h4-8,13H,1-3H3. The molecule has 0 aliphatic carbocycles. The maximum absolute atomic E-state index is 12.3. The largest absolute Gasteiger partial charge is 0.497 e. The number of esters is 2. The number of carbonyl (C=O) groups is 2. The molecule has 0 aliphatic heterocycles. The van der Waals surface area contributed by atoms with E-state index in [1.807, 2.05) is 0 Å². The lowest BCUT2D eigenvalue weighted by atomic mass is 9.95. The number of nitrogens with zero attached hydrogens (tertiary/aromatic N) is 1. The van der Waals surface area contributed by atoms with E-state index in [9.17, 15) is 19.6 Å². The van der Waals surface area contributed by atoms with Crippen molar-refractivity contribution in [2.45, 2.75) is 5.92 Å². The smallest absolute Gasteiger partial charge is 0.351 e. The average molecular weight is 357 g/mol. The van der Waals surface area contributed by atoms with Crippen LogP contribution in [0.5, 0.6) is 5.75 Å². The Kier molecular flexibility index (Phi) is 5.75. The Morgan fingerprint density at radius 3 is 2.27 bits per heavy atom. The third-order valence-corrected chi connectivity index (χ3v) is 3.62. The van der Waals surface area contributed by atoms with Gasteiger partial charge in [0, 0.05) is 11.1 Å². The molecule has 2 aromatic rings. The van der Waals surface area contributed by atoms with Gasteiger partial charge in [-0.1, -0.05) is 0 Å². The molecule has 0 saturated heterocycles. The Morgan fingerprint density at radius 1 is 1.12 bits per heavy atom. The molecule has 1 aromatic heterocycles. The van der Waals surface area contributed by atoms with Crippen LogP contribution in [-0.2, 0) is 14.3 Å². The van der Waals surface area contributed by atoms with Crippen molar-refractivity contribution in [3.63, 3.8) is 0 Å². The van der Waals surface area contributed by atoms with Gasteiger partial charge in [0.15, 0.2) is 11.5 Å². The first-order valence-corrected chi connectivity index (χ1v) is 7.35. The van der Waals surface area contributed by atoms with Gasteiger partial charge in [0.1, 0.15) is 11.5 Å². The Bertz CT molecular complexity index is 922. The molecule has 0 saturated carbocycles. The minimum atomic E-state index is -1.49. The molecule has 134 valence electrons. The lowest BCUT2D eigenvalue weighted by Gasteiger charge is -2.12. The summed E-state index contributed by atoms with van der Waals surface area (Å²) in [5.74, 6) is -2.75. The molecule has 1 unspecified atom stereocenters. The van der Waals surface area contributed by atoms with E-state index in [0.717, 1.165) is 14.2 Å². The third kappa shape index (κ3) is 3.57. The van der Waals surface area contributed by atoms with Gasteiger partial charge in [-0.15, -0.1) is 0 Å². The zero-order valence-corrected chi connectivity index (χ0v) is 14.3. The van der Waals surface area contributed by atoms with Crippen LogP contribution >= 0.6 is 0 Å². The number of carbonyl (C=O) groups excluding carboxylic acids is 2. The van der Waals surface area contributed by atoms with E-state index in [0.29, 0.717) is 11.3 Å². The molecule has 0 radical (unpaired) electrons. The lowest BCUT2D eigenvalue weighted by molar-refractivity contribution is -0.141. The van der Waals surface area contributed by atoms with E-state index in [1.54, 1.807) is 30.3 Å². The number of benzene rings is 1. The van der Waals surface area contributed by atoms with Gasteiger partial charge >= 0.3 is 17.6 Å². The van der Waals surface area contributed by atoms with Crippen LogP contribution in [0.2, 0.25) is 0 Å². The fraction of sp³-hybridized carbons (Fsp3) is 0.222. The van der Waals surface area contributed by atoms with E-state index in [-0.39, 0.29) is 11.3 Å². The van der Waals surface area contributed by atoms with Crippen LogP contribution in [0.3, 0.4) is 0 Å². The summed E-state index contributed by atoms with van der Waals surface area (Å²) in [5, 5.41) is 9.33. The highest BCUT2D eigenvalue weighted by atomic mass is 16.5. The fourth-order valence-electron chi connectivity index (χ4n) is 2.31. The first-order valence-electron chi connectivity index (χ1n) is 7.35. The zero-order valence-electron chi connectivity index (χ0n) is 14.3. The summed E-state index contributed by atoms with van der Waals surface area (Å²) in [6, 6.07) is 9.54. The molecular formula is C18H15NO7. The van der Waals surface area contributed by atoms with E-state index in [4.69, 9.17) is 9.15 Å². The highest BCUT2D eigenvalue weighted by Gasteiger charge is 2.31. The predicted octanol–water partition coefficient (Wildman–Crippen LogP) is 1.88. The quantitative estimate of drug-likeness (QED) is 0.745. The minimum Gasteiger partial charge on any atom is -0.497 e. The van der Waals surface area contributed by atoms with E-state index < -0.39 is 29.0 Å². The van der Waals surface area contributed by atoms with E-state index in [2.05, 4.69) is 9.47 Å². The molecule has 1 aromatic carbocycles. The Morgan fingerprint density at radius 2 is 1.77 bits per heavy atom. The highest BCUT2D eigenvalue weighted by molar-refractivity contribution is 5.94. The van der Waals surface area contributed by atoms with Gasteiger partial charge < -0.3 is 18.6 Å². The first kappa shape index (κ1) is 18.7. The van der Waals surface area contributed by atoms with Crippen molar-refractivity contribution < 1.29 is 28.2 Å². The molecule has 1 heterocycles. The van der Waals surface area contributed by atoms with Crippen LogP contribution in [0.15, 0.2) is 39.5 Å². The van der Waals surface area contributed by atoms with Crippen molar-refractivity contribution in [3.05, 3.63) is 51.9 Å². The molecule has 0 bridgehead atoms. The van der Waals surface area contributed by atoms with Gasteiger partial charge in [0.2, 0.25) is 0 Å². The summed E-state index contributed by atoms with van der Waals surface area (Å²) in [6.45, 7) is 0. The minimum absolute atomic E-state index is 0.0736. The average Bonchev–Trinajstić information content (AvgIpc) is 2.67. The molecule has 0 amide bonds. The zero-order chi connectivity index (χ0) is 19.3. The van der Waals surface area contributed by atoms with Crippen LogP contribution in [0.1, 0.15) is 21.8 Å². The van der Waals surface area contributed by atoms with Gasteiger partial charge in [-0.25, -0.2) is 9.59 Å². The van der Waals surface area contributed by atoms with Gasteiger partial charge in [-0.2, -0.15) is 5.26 Å². The number of methoxy groups -OCH3 is 3. The molecule has 8 heteroatoms. The van der Waals surface area contributed by atoms with Crippen molar-refractivity contribution in [2.24, 2.45) is 0 Å². The SMILES string of the molecule is COC(=O)c1c(C(C#N)C(=O)OC)cc(-c2ccc(OC)cc2)oc1=O. The molecule has 8 nitrogen and oxygen atoms in total. The highest BCUT2D eigenvalue weighted by Crippen LogP contribution is 2.27. The second-order valence-corrected chi connectivity index (χ2v) is 5.03. The van der Waals surface area contributed by atoms with Gasteiger partial charge in [-0.3, -0.25) is 4.79 Å². The number of hydrogen-bond donors (Lipinski definition) is 0. The van der Waals surface area contributed by atoms with Crippen molar-refractivity contribution in [1.82, 2.24) is 0 Å². The molecule has 0 N–H and O–H groups in total. The van der Waals surface area contributed by atoms with Crippen molar-refractivity contribution in [1.29, 1.82) is 5.26 Å². The molecule has 0 aliphatic rings. The second kappa shape index (κ2) is 7.98. The van der Waals surface area contributed by atoms with Crippen LogP contribution in [0.4, 0.5) is 0 Å². The van der Waals surface area contributed by atoms with Gasteiger partial charge in [0.05, 0.1) is 27.4 Å². The molecule has 26 heavy (non-hydrogen) atoms. The summed E-state index contributed by atoms with van der Waals surface area (Å²) >= 11 is 0. The van der Waals surface area contributed by atoms with Crippen molar-refractivity contribution in [3.8, 4) is 23.1 Å². The number of rotatable bonds is 5. The normalized spacial score (nSPS) is 11.2. The third-order valence-electron chi connectivity index (χ3n) is 3.62. The van der Waals surface area contributed by atoms with Gasteiger partial charge in [-0.05, 0) is 30.3 Å². The topological polar surface area (TPSA) is 116 Å². The summed E-state index contributed by atoms with van der Waals surface area (Å²) in [5.41, 5.74) is -1.21. The molecular weight excluding hydrogens is 342 g/mol. The van der Waals surface area contributed by atoms with E-state index >= 15 is 0 Å². The maximum atomic E-state index is 12.3.